The van der Waals surface area contributed by atoms with Gasteiger partial charge in [0.1, 0.15) is 0 Å². The fourth-order valence-corrected chi connectivity index (χ4v) is 1.84. The van der Waals surface area contributed by atoms with E-state index in [0.29, 0.717) is 0 Å². The summed E-state index contributed by atoms with van der Waals surface area (Å²) in [5.41, 5.74) is 0. The Morgan fingerprint density at radius 2 is 2.00 bits per heavy atom. The second kappa shape index (κ2) is 5.59. The summed E-state index contributed by atoms with van der Waals surface area (Å²) < 4.78 is 0. The molecule has 1 N–H and O–H groups in total. The predicted octanol–water partition coefficient (Wildman–Crippen LogP) is 2.57. The Labute approximate surface area is 70.6 Å². The molecule has 1 aliphatic heterocycles. The highest BCUT2D eigenvalue weighted by Gasteiger charge is 2.06. The van der Waals surface area contributed by atoms with Crippen molar-refractivity contribution in [2.24, 2.45) is 5.92 Å². The molecular formula is C10H21N. The Morgan fingerprint density at radius 1 is 1.09 bits per heavy atom. The fraction of sp³-hybridized carbons (Fsp3) is 1.00. The Kier molecular flexibility index (Phi) is 4.60. The van der Waals surface area contributed by atoms with E-state index in [4.69, 9.17) is 0 Å². The molecule has 0 saturated carbocycles. The van der Waals surface area contributed by atoms with E-state index >= 15 is 0 Å². The van der Waals surface area contributed by atoms with Crippen molar-refractivity contribution >= 4 is 0 Å². The third kappa shape index (κ3) is 3.76. The van der Waals surface area contributed by atoms with Gasteiger partial charge in [0.15, 0.2) is 0 Å². The average Bonchev–Trinajstić information content (AvgIpc) is 2.16. The molecule has 1 heterocycles. The van der Waals surface area contributed by atoms with Gasteiger partial charge in [-0.15, -0.1) is 0 Å². The Bertz CT molecular complexity index is 80.9. The molecule has 1 nitrogen and oxygen atoms in total. The van der Waals surface area contributed by atoms with Gasteiger partial charge in [0.25, 0.3) is 0 Å². The first-order valence-corrected chi connectivity index (χ1v) is 5.14. The number of nitrogens with one attached hydrogen (secondary N) is 1. The smallest absolute Gasteiger partial charge is 0.00463 e. The fourth-order valence-electron chi connectivity index (χ4n) is 1.84. The van der Waals surface area contributed by atoms with Gasteiger partial charge in [-0.05, 0) is 31.8 Å². The molecule has 1 saturated heterocycles. The van der Waals surface area contributed by atoms with Crippen LogP contribution >= 0.6 is 0 Å². The highest BCUT2D eigenvalue weighted by Crippen LogP contribution is 2.17. The van der Waals surface area contributed by atoms with Crippen molar-refractivity contribution in [3.05, 3.63) is 0 Å². The van der Waals surface area contributed by atoms with Crippen LogP contribution in [0.3, 0.4) is 0 Å². The normalized spacial score (nSPS) is 28.6. The van der Waals surface area contributed by atoms with Gasteiger partial charge < -0.3 is 5.32 Å². The lowest BCUT2D eigenvalue weighted by Gasteiger charge is -2.12. The summed E-state index contributed by atoms with van der Waals surface area (Å²) in [6.45, 7) is 4.82. The maximum Gasteiger partial charge on any atom is -0.00463 e. The predicted molar refractivity (Wildman–Crippen MR) is 49.7 cm³/mol. The first-order valence-electron chi connectivity index (χ1n) is 5.14. The van der Waals surface area contributed by atoms with E-state index in [1.807, 2.05) is 0 Å². The van der Waals surface area contributed by atoms with Crippen LogP contribution in [-0.4, -0.2) is 13.1 Å². The van der Waals surface area contributed by atoms with Gasteiger partial charge in [0.05, 0.1) is 0 Å². The molecule has 0 amide bonds. The van der Waals surface area contributed by atoms with Gasteiger partial charge in [-0.25, -0.2) is 0 Å². The molecule has 0 aromatic carbocycles. The second-order valence-corrected chi connectivity index (χ2v) is 3.66. The molecule has 66 valence electrons. The number of rotatable bonds is 1. The van der Waals surface area contributed by atoms with Crippen molar-refractivity contribution in [1.29, 1.82) is 0 Å². The molecule has 0 aliphatic carbocycles. The number of hydrogen-bond donors (Lipinski definition) is 1. The minimum absolute atomic E-state index is 1.00. The molecule has 0 unspecified atom stereocenters. The van der Waals surface area contributed by atoms with Crippen molar-refractivity contribution in [2.75, 3.05) is 13.1 Å². The van der Waals surface area contributed by atoms with Gasteiger partial charge in [0, 0.05) is 0 Å². The molecule has 0 aromatic rings. The molecule has 1 fully saturated rings. The van der Waals surface area contributed by atoms with E-state index in [1.54, 1.807) is 0 Å². The second-order valence-electron chi connectivity index (χ2n) is 3.66. The van der Waals surface area contributed by atoms with Crippen LogP contribution in [0.25, 0.3) is 0 Å². The summed E-state index contributed by atoms with van der Waals surface area (Å²) in [6.07, 6.45) is 8.52. The van der Waals surface area contributed by atoms with Gasteiger partial charge >= 0.3 is 0 Å². The van der Waals surface area contributed by atoms with Crippen molar-refractivity contribution in [1.82, 2.24) is 5.32 Å². The lowest BCUT2D eigenvalue weighted by molar-refractivity contribution is 0.424. The topological polar surface area (TPSA) is 12.0 Å². The highest BCUT2D eigenvalue weighted by molar-refractivity contribution is 4.62. The van der Waals surface area contributed by atoms with Gasteiger partial charge in [0.2, 0.25) is 0 Å². The standard InChI is InChI=1S/C10H21N/c1-2-10-6-4-3-5-8-11-9-7-10/h10-11H,2-9H2,1H3/t10-/m0/s1. The van der Waals surface area contributed by atoms with Gasteiger partial charge in [-0.1, -0.05) is 32.6 Å². The summed E-state index contributed by atoms with van der Waals surface area (Å²) >= 11 is 0. The average molecular weight is 155 g/mol. The van der Waals surface area contributed by atoms with Crippen LogP contribution < -0.4 is 5.32 Å². The monoisotopic (exact) mass is 155 g/mol. The Morgan fingerprint density at radius 3 is 2.82 bits per heavy atom. The van der Waals surface area contributed by atoms with Crippen LogP contribution in [0.2, 0.25) is 0 Å². The van der Waals surface area contributed by atoms with E-state index < -0.39 is 0 Å². The van der Waals surface area contributed by atoms with E-state index in [0.717, 1.165) is 5.92 Å². The van der Waals surface area contributed by atoms with Crippen LogP contribution in [0.5, 0.6) is 0 Å². The zero-order chi connectivity index (χ0) is 7.94. The van der Waals surface area contributed by atoms with Crippen LogP contribution in [-0.2, 0) is 0 Å². The van der Waals surface area contributed by atoms with Crippen LogP contribution in [0.4, 0.5) is 0 Å². The van der Waals surface area contributed by atoms with Crippen molar-refractivity contribution in [3.63, 3.8) is 0 Å². The third-order valence-electron chi connectivity index (χ3n) is 2.77. The summed E-state index contributed by atoms with van der Waals surface area (Å²) in [4.78, 5) is 0. The molecule has 0 bridgehead atoms. The zero-order valence-corrected chi connectivity index (χ0v) is 7.73. The number of hydrogen-bond acceptors (Lipinski definition) is 1. The largest absolute Gasteiger partial charge is 0.317 e. The molecule has 11 heavy (non-hydrogen) atoms. The third-order valence-corrected chi connectivity index (χ3v) is 2.77. The molecule has 1 rings (SSSR count). The first-order chi connectivity index (χ1) is 5.43. The summed E-state index contributed by atoms with van der Waals surface area (Å²) in [7, 11) is 0. The van der Waals surface area contributed by atoms with E-state index in [-0.39, 0.29) is 0 Å². The molecular weight excluding hydrogens is 134 g/mol. The quantitative estimate of drug-likeness (QED) is 0.613. The van der Waals surface area contributed by atoms with Gasteiger partial charge in [-0.3, -0.25) is 0 Å². The highest BCUT2D eigenvalue weighted by atomic mass is 14.8. The van der Waals surface area contributed by atoms with E-state index in [1.165, 1.54) is 51.6 Å². The molecule has 1 aliphatic rings. The minimum Gasteiger partial charge on any atom is -0.317 e. The maximum atomic E-state index is 3.49. The van der Waals surface area contributed by atoms with Gasteiger partial charge in [-0.2, -0.15) is 0 Å². The lowest BCUT2D eigenvalue weighted by atomic mass is 9.96. The molecule has 0 spiro atoms. The van der Waals surface area contributed by atoms with Crippen molar-refractivity contribution in [2.45, 2.75) is 45.4 Å². The van der Waals surface area contributed by atoms with Crippen LogP contribution in [0.15, 0.2) is 0 Å². The summed E-state index contributed by atoms with van der Waals surface area (Å²) in [5.74, 6) is 1.00. The SMILES string of the molecule is CC[C@H]1CCCCCNCC1. The summed E-state index contributed by atoms with van der Waals surface area (Å²) in [5, 5.41) is 3.49. The van der Waals surface area contributed by atoms with Crippen molar-refractivity contribution < 1.29 is 0 Å². The summed E-state index contributed by atoms with van der Waals surface area (Å²) in [6, 6.07) is 0. The molecule has 1 heteroatoms. The van der Waals surface area contributed by atoms with E-state index in [9.17, 15) is 0 Å². The van der Waals surface area contributed by atoms with Crippen LogP contribution in [0, 0.1) is 5.92 Å². The molecule has 0 radical (unpaired) electrons. The molecule has 1 atom stereocenters. The van der Waals surface area contributed by atoms with Crippen molar-refractivity contribution in [3.8, 4) is 0 Å². The Balaban J connectivity index is 2.19. The van der Waals surface area contributed by atoms with Crippen LogP contribution in [0.1, 0.15) is 45.4 Å². The zero-order valence-electron chi connectivity index (χ0n) is 7.73. The lowest BCUT2D eigenvalue weighted by Crippen LogP contribution is -2.17. The first kappa shape index (κ1) is 9.05. The Hall–Kier alpha value is -0.0400. The maximum absolute atomic E-state index is 3.49. The van der Waals surface area contributed by atoms with E-state index in [2.05, 4.69) is 12.2 Å². The minimum atomic E-state index is 1.00. The molecule has 0 aromatic heterocycles.